The molecule has 0 spiro atoms. The van der Waals surface area contributed by atoms with Crippen LogP contribution in [0.5, 0.6) is 0 Å². The summed E-state index contributed by atoms with van der Waals surface area (Å²) in [5.41, 5.74) is 1.75. The minimum atomic E-state index is -4.67. The van der Waals surface area contributed by atoms with Crippen LogP contribution in [0.25, 0.3) is 0 Å². The average molecular weight is 647 g/mol. The molecule has 0 fully saturated rings. The summed E-state index contributed by atoms with van der Waals surface area (Å²) in [6.45, 7) is -0.519. The number of amides is 2. The number of aliphatic hydroxyl groups is 1. The Morgan fingerprint density at radius 2 is 1.79 bits per heavy atom. The molecular formula is C25H20BrClF3N3O5S. The van der Waals surface area contributed by atoms with Gasteiger partial charge in [-0.1, -0.05) is 45.7 Å². The third-order valence-electron chi connectivity index (χ3n) is 5.13. The highest BCUT2D eigenvalue weighted by atomic mass is 79.9. The summed E-state index contributed by atoms with van der Waals surface area (Å²) in [5, 5.41) is 14.7. The van der Waals surface area contributed by atoms with Crippen LogP contribution in [-0.2, 0) is 21.8 Å². The number of nitrogens with one attached hydrogen (secondary N) is 2. The van der Waals surface area contributed by atoms with E-state index in [4.69, 9.17) is 16.7 Å². The number of sulfone groups is 1. The fourth-order valence-corrected chi connectivity index (χ4v) is 5.04. The molecule has 0 aromatic heterocycles. The number of hydrazone groups is 1. The second kappa shape index (κ2) is 12.7. The Labute approximate surface area is 234 Å². The van der Waals surface area contributed by atoms with Crippen molar-refractivity contribution in [1.82, 2.24) is 5.43 Å². The van der Waals surface area contributed by atoms with Crippen LogP contribution in [0.15, 0.2) is 70.2 Å². The molecule has 0 saturated carbocycles. The monoisotopic (exact) mass is 645 g/mol. The van der Waals surface area contributed by atoms with E-state index in [0.29, 0.717) is 10.0 Å². The number of aliphatic hydroxyl groups excluding tert-OH is 1. The molecule has 39 heavy (non-hydrogen) atoms. The molecule has 0 unspecified atom stereocenters. The Balaban J connectivity index is 1.77. The number of rotatable bonds is 9. The summed E-state index contributed by atoms with van der Waals surface area (Å²) in [5.74, 6) is -2.17. The van der Waals surface area contributed by atoms with Gasteiger partial charge in [-0.25, -0.2) is 13.8 Å². The number of hydrogen-bond donors (Lipinski definition) is 3. The van der Waals surface area contributed by atoms with Crippen molar-refractivity contribution in [2.24, 2.45) is 5.10 Å². The lowest BCUT2D eigenvalue weighted by atomic mass is 10.1. The lowest BCUT2D eigenvalue weighted by Gasteiger charge is -2.12. The van der Waals surface area contributed by atoms with Crippen molar-refractivity contribution < 1.29 is 36.3 Å². The van der Waals surface area contributed by atoms with E-state index in [2.05, 4.69) is 31.8 Å². The van der Waals surface area contributed by atoms with Crippen molar-refractivity contribution in [3.8, 4) is 0 Å². The Kier molecular flexibility index (Phi) is 9.88. The third kappa shape index (κ3) is 8.62. The van der Waals surface area contributed by atoms with Crippen LogP contribution in [0, 0.1) is 0 Å². The van der Waals surface area contributed by atoms with E-state index >= 15 is 0 Å². The normalized spacial score (nSPS) is 11.9. The number of halogens is 5. The van der Waals surface area contributed by atoms with Crippen LogP contribution in [-0.4, -0.2) is 43.9 Å². The largest absolute Gasteiger partial charge is 0.417 e. The maximum atomic E-state index is 13.1. The van der Waals surface area contributed by atoms with E-state index in [9.17, 15) is 31.2 Å². The summed E-state index contributed by atoms with van der Waals surface area (Å²) in [7, 11) is -3.57. The first-order valence-electron chi connectivity index (χ1n) is 11.0. The standard InChI is InChI=1S/C25H20BrClF3N3O5S/c26-18-5-7-22(32-23(35)17-3-1-2-16(10-17)14-39(37,38)9-8-34)19(12-18)24(36)33-31-13-15-4-6-21(27)20(11-15)25(28,29)30/h1-7,10-13,34H,8-9,14H2,(H,32,35)(H,33,36). The highest BCUT2D eigenvalue weighted by Gasteiger charge is 2.33. The van der Waals surface area contributed by atoms with Gasteiger partial charge in [0.25, 0.3) is 11.8 Å². The van der Waals surface area contributed by atoms with Crippen molar-refractivity contribution in [2.75, 3.05) is 17.7 Å². The highest BCUT2D eigenvalue weighted by molar-refractivity contribution is 9.10. The number of nitrogens with zero attached hydrogens (tertiary/aromatic N) is 1. The first-order chi connectivity index (χ1) is 18.3. The highest BCUT2D eigenvalue weighted by Crippen LogP contribution is 2.34. The minimum absolute atomic E-state index is 0.0105. The van der Waals surface area contributed by atoms with Gasteiger partial charge in [0.1, 0.15) is 0 Å². The fourth-order valence-electron chi connectivity index (χ4n) is 3.34. The van der Waals surface area contributed by atoms with Gasteiger partial charge in [-0.05, 0) is 53.6 Å². The topological polar surface area (TPSA) is 125 Å². The van der Waals surface area contributed by atoms with Gasteiger partial charge in [-0.15, -0.1) is 0 Å². The number of anilines is 1. The zero-order chi connectivity index (χ0) is 28.8. The van der Waals surface area contributed by atoms with Gasteiger partial charge in [0.2, 0.25) is 0 Å². The smallest absolute Gasteiger partial charge is 0.395 e. The molecule has 0 heterocycles. The van der Waals surface area contributed by atoms with Gasteiger partial charge in [0.05, 0.1) is 46.2 Å². The van der Waals surface area contributed by atoms with Crippen LogP contribution in [0.3, 0.4) is 0 Å². The average Bonchev–Trinajstić information content (AvgIpc) is 2.85. The van der Waals surface area contributed by atoms with Gasteiger partial charge in [0, 0.05) is 10.0 Å². The van der Waals surface area contributed by atoms with E-state index in [1.807, 2.05) is 0 Å². The Hall–Kier alpha value is -3.26. The van der Waals surface area contributed by atoms with Gasteiger partial charge in [-0.2, -0.15) is 18.3 Å². The van der Waals surface area contributed by atoms with Crippen LogP contribution in [0.1, 0.15) is 37.4 Å². The maximum Gasteiger partial charge on any atom is 0.417 e. The molecule has 3 aromatic rings. The van der Waals surface area contributed by atoms with E-state index in [-0.39, 0.29) is 28.1 Å². The number of benzene rings is 3. The van der Waals surface area contributed by atoms with Crippen LogP contribution < -0.4 is 10.7 Å². The number of hydrogen-bond acceptors (Lipinski definition) is 6. The van der Waals surface area contributed by atoms with Crippen molar-refractivity contribution in [1.29, 1.82) is 0 Å². The van der Waals surface area contributed by atoms with Gasteiger partial charge < -0.3 is 10.4 Å². The molecule has 0 atom stereocenters. The predicted octanol–water partition coefficient (Wildman–Crippen LogP) is 5.04. The summed E-state index contributed by atoms with van der Waals surface area (Å²) < 4.78 is 63.7. The summed E-state index contributed by atoms with van der Waals surface area (Å²) in [6.07, 6.45) is -3.66. The third-order valence-corrected chi connectivity index (χ3v) is 7.53. The van der Waals surface area contributed by atoms with E-state index in [1.165, 1.54) is 42.5 Å². The van der Waals surface area contributed by atoms with Crippen molar-refractivity contribution in [2.45, 2.75) is 11.9 Å². The molecule has 0 aliphatic rings. The molecule has 0 radical (unpaired) electrons. The summed E-state index contributed by atoms with van der Waals surface area (Å²) in [6, 6.07) is 13.4. The lowest BCUT2D eigenvalue weighted by molar-refractivity contribution is -0.137. The quantitative estimate of drug-likeness (QED) is 0.222. The van der Waals surface area contributed by atoms with E-state index < -0.39 is 50.8 Å². The first kappa shape index (κ1) is 30.3. The maximum absolute atomic E-state index is 13.1. The number of carbonyl (C=O) groups excluding carboxylic acids is 2. The zero-order valence-electron chi connectivity index (χ0n) is 19.8. The van der Waals surface area contributed by atoms with E-state index in [1.54, 1.807) is 6.07 Å². The zero-order valence-corrected chi connectivity index (χ0v) is 23.0. The van der Waals surface area contributed by atoms with E-state index in [0.717, 1.165) is 18.3 Å². The molecule has 2 amide bonds. The van der Waals surface area contributed by atoms with Gasteiger partial charge in [-0.3, -0.25) is 9.59 Å². The Bertz CT molecular complexity index is 1530. The second-order valence-electron chi connectivity index (χ2n) is 8.10. The van der Waals surface area contributed by atoms with Crippen LogP contribution in [0.2, 0.25) is 5.02 Å². The van der Waals surface area contributed by atoms with Crippen molar-refractivity contribution in [3.05, 3.63) is 98.0 Å². The molecule has 3 aromatic carbocycles. The Morgan fingerprint density at radius 1 is 1.05 bits per heavy atom. The molecule has 3 rings (SSSR count). The molecule has 206 valence electrons. The molecule has 14 heteroatoms. The second-order valence-corrected chi connectivity index (χ2v) is 11.6. The number of carbonyl (C=O) groups is 2. The first-order valence-corrected chi connectivity index (χ1v) is 14.0. The Morgan fingerprint density at radius 3 is 2.49 bits per heavy atom. The van der Waals surface area contributed by atoms with Crippen LogP contribution >= 0.6 is 27.5 Å². The predicted molar refractivity (Wildman–Crippen MR) is 145 cm³/mol. The number of alkyl halides is 3. The van der Waals surface area contributed by atoms with Gasteiger partial charge >= 0.3 is 6.18 Å². The summed E-state index contributed by atoms with van der Waals surface area (Å²) in [4.78, 5) is 25.7. The molecule has 0 bridgehead atoms. The summed E-state index contributed by atoms with van der Waals surface area (Å²) >= 11 is 8.84. The molecule has 0 saturated heterocycles. The van der Waals surface area contributed by atoms with Crippen LogP contribution in [0.4, 0.5) is 18.9 Å². The van der Waals surface area contributed by atoms with Gasteiger partial charge in [0.15, 0.2) is 9.84 Å². The molecular weight excluding hydrogens is 627 g/mol. The SMILES string of the molecule is O=C(Nc1ccc(Br)cc1C(=O)NN=Cc1ccc(Cl)c(C(F)(F)F)c1)c1cccc(CS(=O)(=O)CCO)c1. The minimum Gasteiger partial charge on any atom is -0.395 e. The lowest BCUT2D eigenvalue weighted by Crippen LogP contribution is -2.21. The molecule has 3 N–H and O–H groups in total. The molecule has 0 aliphatic heterocycles. The van der Waals surface area contributed by atoms with Crippen molar-refractivity contribution in [3.63, 3.8) is 0 Å². The molecule has 8 nitrogen and oxygen atoms in total. The van der Waals surface area contributed by atoms with Crippen molar-refractivity contribution >= 4 is 61.1 Å². The molecule has 0 aliphatic carbocycles. The fraction of sp³-hybridized carbons (Fsp3) is 0.160.